The van der Waals surface area contributed by atoms with E-state index in [0.29, 0.717) is 11.8 Å². The van der Waals surface area contributed by atoms with Gasteiger partial charge in [0, 0.05) is 12.7 Å². The summed E-state index contributed by atoms with van der Waals surface area (Å²) in [6, 6.07) is 0. The van der Waals surface area contributed by atoms with Crippen molar-refractivity contribution in [2.75, 3.05) is 0 Å². The largest absolute Gasteiger partial charge is 0.272 e. The Bertz CT molecular complexity index is 295. The third kappa shape index (κ3) is 1.77. The average Bonchev–Trinajstić information content (AvgIpc) is 2.26. The molecule has 0 atom stereocenters. The summed E-state index contributed by atoms with van der Waals surface area (Å²) in [4.78, 5) is 0. The van der Waals surface area contributed by atoms with Gasteiger partial charge in [0.05, 0.1) is 5.69 Å². The van der Waals surface area contributed by atoms with Gasteiger partial charge in [0.1, 0.15) is 0 Å². The van der Waals surface area contributed by atoms with E-state index in [1.807, 2.05) is 11.7 Å². The van der Waals surface area contributed by atoms with Crippen molar-refractivity contribution in [3.05, 3.63) is 17.0 Å². The van der Waals surface area contributed by atoms with Crippen LogP contribution in [0, 0.1) is 6.92 Å². The first-order chi connectivity index (χ1) is 5.95. The van der Waals surface area contributed by atoms with Crippen molar-refractivity contribution in [2.24, 2.45) is 7.05 Å². The highest BCUT2D eigenvalue weighted by Crippen LogP contribution is 2.25. The number of aromatic nitrogens is 2. The summed E-state index contributed by atoms with van der Waals surface area (Å²) in [5.74, 6) is 1.09. The first-order valence-corrected chi connectivity index (χ1v) is 4.98. The minimum atomic E-state index is 0.527. The Morgan fingerprint density at radius 3 is 1.85 bits per heavy atom. The van der Waals surface area contributed by atoms with Crippen molar-refractivity contribution in [3.8, 4) is 0 Å². The molecule has 2 nitrogen and oxygen atoms in total. The Morgan fingerprint density at radius 2 is 1.62 bits per heavy atom. The van der Waals surface area contributed by atoms with Crippen LogP contribution in [-0.2, 0) is 7.05 Å². The Morgan fingerprint density at radius 1 is 1.08 bits per heavy atom. The quantitative estimate of drug-likeness (QED) is 0.684. The molecule has 0 saturated carbocycles. The van der Waals surface area contributed by atoms with Crippen LogP contribution in [0.25, 0.3) is 0 Å². The lowest BCUT2D eigenvalue weighted by Crippen LogP contribution is -2.00. The van der Waals surface area contributed by atoms with Crippen LogP contribution in [-0.4, -0.2) is 9.78 Å². The maximum absolute atomic E-state index is 4.55. The van der Waals surface area contributed by atoms with E-state index in [1.54, 1.807) is 0 Å². The van der Waals surface area contributed by atoms with Gasteiger partial charge in [0.25, 0.3) is 0 Å². The Balaban J connectivity index is 3.22. The van der Waals surface area contributed by atoms with Gasteiger partial charge in [-0.1, -0.05) is 27.7 Å². The van der Waals surface area contributed by atoms with Gasteiger partial charge in [-0.3, -0.25) is 4.68 Å². The molecule has 0 radical (unpaired) electrons. The molecule has 1 rings (SSSR count). The maximum atomic E-state index is 4.55. The van der Waals surface area contributed by atoms with Crippen LogP contribution < -0.4 is 0 Å². The molecule has 1 heterocycles. The predicted octanol–water partition coefficient (Wildman–Crippen LogP) is 2.98. The highest BCUT2D eigenvalue weighted by molar-refractivity contribution is 5.28. The van der Waals surface area contributed by atoms with Gasteiger partial charge < -0.3 is 0 Å². The van der Waals surface area contributed by atoms with Crippen molar-refractivity contribution < 1.29 is 0 Å². The summed E-state index contributed by atoms with van der Waals surface area (Å²) in [6.07, 6.45) is 0. The van der Waals surface area contributed by atoms with Gasteiger partial charge in [-0.25, -0.2) is 0 Å². The second-order valence-electron chi connectivity index (χ2n) is 4.33. The first-order valence-electron chi connectivity index (χ1n) is 4.98. The SMILES string of the molecule is Cc1c(C(C)C)nn(C)c1C(C)C. The van der Waals surface area contributed by atoms with E-state index in [4.69, 9.17) is 0 Å². The topological polar surface area (TPSA) is 17.8 Å². The fraction of sp³-hybridized carbons (Fsp3) is 0.727. The van der Waals surface area contributed by atoms with Crippen LogP contribution in [0.4, 0.5) is 0 Å². The molecule has 13 heavy (non-hydrogen) atoms. The third-order valence-electron chi connectivity index (χ3n) is 2.47. The summed E-state index contributed by atoms with van der Waals surface area (Å²) >= 11 is 0. The predicted molar refractivity (Wildman–Crippen MR) is 56.1 cm³/mol. The molecule has 2 heteroatoms. The highest BCUT2D eigenvalue weighted by Gasteiger charge is 2.16. The summed E-state index contributed by atoms with van der Waals surface area (Å²) in [6.45, 7) is 11.0. The van der Waals surface area contributed by atoms with E-state index in [0.717, 1.165) is 0 Å². The van der Waals surface area contributed by atoms with Crippen LogP contribution in [0.1, 0.15) is 56.5 Å². The molecule has 0 aromatic carbocycles. The summed E-state index contributed by atoms with van der Waals surface area (Å²) in [7, 11) is 2.04. The van der Waals surface area contributed by atoms with Crippen LogP contribution >= 0.6 is 0 Å². The lowest BCUT2D eigenvalue weighted by atomic mass is 10.0. The van der Waals surface area contributed by atoms with E-state index >= 15 is 0 Å². The van der Waals surface area contributed by atoms with Gasteiger partial charge in [0.15, 0.2) is 0 Å². The van der Waals surface area contributed by atoms with Gasteiger partial charge in [-0.15, -0.1) is 0 Å². The van der Waals surface area contributed by atoms with Crippen LogP contribution in [0.3, 0.4) is 0 Å². The normalized spacial score (nSPS) is 11.7. The van der Waals surface area contributed by atoms with Gasteiger partial charge >= 0.3 is 0 Å². The summed E-state index contributed by atoms with van der Waals surface area (Å²) < 4.78 is 2.02. The van der Waals surface area contributed by atoms with Crippen molar-refractivity contribution in [1.82, 2.24) is 9.78 Å². The second kappa shape index (κ2) is 3.52. The molecule has 0 saturated heterocycles. The number of nitrogens with zero attached hydrogens (tertiary/aromatic N) is 2. The molecule has 0 fully saturated rings. The zero-order valence-electron chi connectivity index (χ0n) is 9.55. The molecule has 0 aliphatic rings. The molecule has 1 aromatic rings. The third-order valence-corrected chi connectivity index (χ3v) is 2.47. The zero-order chi connectivity index (χ0) is 10.2. The number of hydrogen-bond donors (Lipinski definition) is 0. The van der Waals surface area contributed by atoms with Crippen molar-refractivity contribution in [3.63, 3.8) is 0 Å². The molecule has 0 N–H and O–H groups in total. The molecule has 0 spiro atoms. The first kappa shape index (κ1) is 10.3. The zero-order valence-corrected chi connectivity index (χ0v) is 9.55. The monoisotopic (exact) mass is 180 g/mol. The number of hydrogen-bond acceptors (Lipinski definition) is 1. The molecule has 0 unspecified atom stereocenters. The smallest absolute Gasteiger partial charge is 0.0681 e. The lowest BCUT2D eigenvalue weighted by Gasteiger charge is -2.06. The van der Waals surface area contributed by atoms with E-state index in [1.165, 1.54) is 17.0 Å². The molecule has 0 aliphatic heterocycles. The molecular weight excluding hydrogens is 160 g/mol. The number of rotatable bonds is 2. The van der Waals surface area contributed by atoms with E-state index < -0.39 is 0 Å². The van der Waals surface area contributed by atoms with Crippen LogP contribution in [0.5, 0.6) is 0 Å². The van der Waals surface area contributed by atoms with Gasteiger partial charge in [-0.05, 0) is 24.3 Å². The molecule has 1 aromatic heterocycles. The van der Waals surface area contributed by atoms with E-state index in [9.17, 15) is 0 Å². The Kier molecular flexibility index (Phi) is 2.79. The van der Waals surface area contributed by atoms with E-state index in [2.05, 4.69) is 39.7 Å². The average molecular weight is 180 g/mol. The fourth-order valence-corrected chi connectivity index (χ4v) is 2.02. The molecule has 0 bridgehead atoms. The lowest BCUT2D eigenvalue weighted by molar-refractivity contribution is 0.652. The molecule has 0 amide bonds. The second-order valence-corrected chi connectivity index (χ2v) is 4.33. The van der Waals surface area contributed by atoms with E-state index in [-0.39, 0.29) is 0 Å². The number of aryl methyl sites for hydroxylation is 1. The van der Waals surface area contributed by atoms with Crippen molar-refractivity contribution in [1.29, 1.82) is 0 Å². The highest BCUT2D eigenvalue weighted by atomic mass is 15.3. The van der Waals surface area contributed by atoms with Crippen LogP contribution in [0.2, 0.25) is 0 Å². The Hall–Kier alpha value is -0.790. The molecule has 74 valence electrons. The summed E-state index contributed by atoms with van der Waals surface area (Å²) in [5, 5.41) is 4.55. The van der Waals surface area contributed by atoms with Gasteiger partial charge in [0.2, 0.25) is 0 Å². The minimum absolute atomic E-state index is 0.527. The van der Waals surface area contributed by atoms with Crippen molar-refractivity contribution in [2.45, 2.75) is 46.5 Å². The minimum Gasteiger partial charge on any atom is -0.272 e. The Labute approximate surface area is 81.0 Å². The molecular formula is C11H20N2. The fourth-order valence-electron chi connectivity index (χ4n) is 2.02. The molecule has 0 aliphatic carbocycles. The van der Waals surface area contributed by atoms with Crippen molar-refractivity contribution >= 4 is 0 Å². The maximum Gasteiger partial charge on any atom is 0.0681 e. The standard InChI is InChI=1S/C11H20N2/c1-7(2)10-9(5)11(8(3)4)13(6)12-10/h7-8H,1-6H3. The summed E-state index contributed by atoms with van der Waals surface area (Å²) in [5.41, 5.74) is 3.97. The van der Waals surface area contributed by atoms with Gasteiger partial charge in [-0.2, -0.15) is 5.10 Å². The van der Waals surface area contributed by atoms with Crippen LogP contribution in [0.15, 0.2) is 0 Å².